The van der Waals surface area contributed by atoms with E-state index in [0.29, 0.717) is 37.8 Å². The van der Waals surface area contributed by atoms with Crippen molar-refractivity contribution in [2.24, 2.45) is 11.7 Å². The van der Waals surface area contributed by atoms with Gasteiger partial charge in [-0.05, 0) is 49.7 Å². The van der Waals surface area contributed by atoms with E-state index >= 15 is 0 Å². The topological polar surface area (TPSA) is 126 Å². The molecule has 2 aliphatic carbocycles. The molecular formula is C25H29F3N6O2. The van der Waals surface area contributed by atoms with Gasteiger partial charge in [-0.25, -0.2) is 0 Å². The van der Waals surface area contributed by atoms with E-state index < -0.39 is 24.0 Å². The Balaban J connectivity index is 1.44. The summed E-state index contributed by atoms with van der Waals surface area (Å²) in [6, 6.07) is 8.79. The van der Waals surface area contributed by atoms with Gasteiger partial charge in [-0.2, -0.15) is 23.5 Å². The summed E-state index contributed by atoms with van der Waals surface area (Å²) in [7, 11) is 0. The normalized spacial score (nSPS) is 22.1. The van der Waals surface area contributed by atoms with Crippen LogP contribution in [0.2, 0.25) is 0 Å². The molecule has 2 saturated carbocycles. The lowest BCUT2D eigenvalue weighted by Gasteiger charge is -2.39. The molecule has 8 nitrogen and oxygen atoms in total. The number of anilines is 1. The number of aromatic nitrogens is 2. The first-order valence-electron chi connectivity index (χ1n) is 12.0. The molecule has 4 N–H and O–H groups in total. The summed E-state index contributed by atoms with van der Waals surface area (Å²) < 4.78 is 40.4. The van der Waals surface area contributed by atoms with Crippen LogP contribution in [0.25, 0.3) is 0 Å². The summed E-state index contributed by atoms with van der Waals surface area (Å²) in [4.78, 5) is 24.2. The van der Waals surface area contributed by atoms with E-state index in [9.17, 15) is 28.0 Å². The number of hydrogen-bond acceptors (Lipinski definition) is 5. The van der Waals surface area contributed by atoms with Gasteiger partial charge < -0.3 is 16.4 Å². The first kappa shape index (κ1) is 25.7. The van der Waals surface area contributed by atoms with Crippen LogP contribution in [0, 0.1) is 17.2 Å². The minimum atomic E-state index is -4.28. The van der Waals surface area contributed by atoms with Gasteiger partial charge in [-0.1, -0.05) is 24.3 Å². The van der Waals surface area contributed by atoms with Crippen molar-refractivity contribution in [3.05, 3.63) is 47.2 Å². The van der Waals surface area contributed by atoms with Crippen LogP contribution >= 0.6 is 0 Å². The minimum Gasteiger partial charge on any atom is -0.365 e. The Morgan fingerprint density at radius 2 is 1.83 bits per heavy atom. The lowest BCUT2D eigenvalue weighted by Crippen LogP contribution is -2.43. The molecule has 0 aliphatic heterocycles. The number of primary amides is 1. The zero-order chi connectivity index (χ0) is 25.9. The fourth-order valence-corrected chi connectivity index (χ4v) is 4.82. The first-order valence-corrected chi connectivity index (χ1v) is 12.0. The lowest BCUT2D eigenvalue weighted by atomic mass is 9.77. The van der Waals surface area contributed by atoms with Gasteiger partial charge in [0, 0.05) is 24.7 Å². The number of nitrogens with one attached hydrogen (secondary N) is 2. The number of nitriles is 1. The van der Waals surface area contributed by atoms with Crippen molar-refractivity contribution >= 4 is 17.6 Å². The zero-order valence-electron chi connectivity index (χ0n) is 19.8. The third kappa shape index (κ3) is 6.05. The average molecular weight is 503 g/mol. The monoisotopic (exact) mass is 502 g/mol. The average Bonchev–Trinajstić information content (AvgIpc) is 3.58. The van der Waals surface area contributed by atoms with Crippen LogP contribution in [0.3, 0.4) is 0 Å². The predicted molar refractivity (Wildman–Crippen MR) is 126 cm³/mol. The molecule has 36 heavy (non-hydrogen) atoms. The Labute approximate surface area is 207 Å². The highest BCUT2D eigenvalue weighted by molar-refractivity contribution is 6.02. The fraction of sp³-hybridized carbons (Fsp3) is 0.520. The molecule has 1 aromatic heterocycles. The van der Waals surface area contributed by atoms with Crippen molar-refractivity contribution in [2.45, 2.75) is 75.7 Å². The van der Waals surface area contributed by atoms with Crippen molar-refractivity contribution in [3.8, 4) is 6.07 Å². The Morgan fingerprint density at radius 1 is 1.17 bits per heavy atom. The third-order valence-corrected chi connectivity index (χ3v) is 7.07. The molecule has 0 spiro atoms. The number of nitrogens with zero attached hydrogens (tertiary/aromatic N) is 3. The summed E-state index contributed by atoms with van der Waals surface area (Å²) in [6.45, 7) is 0.313. The number of hydrogen-bond donors (Lipinski definition) is 3. The number of carbonyl (C=O) groups excluding carboxylic acids is 2. The molecule has 11 heteroatoms. The molecule has 2 aromatic rings. The predicted octanol–water partition coefficient (Wildman–Crippen LogP) is 3.78. The summed E-state index contributed by atoms with van der Waals surface area (Å²) in [5.74, 6) is -0.881. The largest absolute Gasteiger partial charge is 0.393 e. The molecule has 2 amide bonds. The molecule has 0 atom stereocenters. The molecule has 2 fully saturated rings. The lowest BCUT2D eigenvalue weighted by molar-refractivity contribution is -0.127. The highest BCUT2D eigenvalue weighted by Gasteiger charge is 2.39. The summed E-state index contributed by atoms with van der Waals surface area (Å²) >= 11 is 0. The molecule has 1 heterocycles. The number of amides is 2. The molecule has 0 unspecified atom stereocenters. The van der Waals surface area contributed by atoms with Crippen LogP contribution in [0.4, 0.5) is 19.0 Å². The second-order valence-corrected chi connectivity index (χ2v) is 9.74. The van der Waals surface area contributed by atoms with E-state index in [1.54, 1.807) is 22.9 Å². The maximum Gasteiger partial charge on any atom is 0.393 e. The van der Waals surface area contributed by atoms with Crippen molar-refractivity contribution in [1.82, 2.24) is 15.1 Å². The molecule has 0 bridgehead atoms. The van der Waals surface area contributed by atoms with E-state index in [-0.39, 0.29) is 41.2 Å². The van der Waals surface area contributed by atoms with Crippen molar-refractivity contribution < 1.29 is 22.8 Å². The number of rotatable bonds is 9. The summed E-state index contributed by atoms with van der Waals surface area (Å²) in [5.41, 5.74) is 5.81. The van der Waals surface area contributed by atoms with Crippen molar-refractivity contribution in [3.63, 3.8) is 0 Å². The number of carbonyl (C=O) groups is 2. The smallest absolute Gasteiger partial charge is 0.365 e. The van der Waals surface area contributed by atoms with Crippen LogP contribution in [0.1, 0.15) is 66.4 Å². The Bertz CT molecular complexity index is 1160. The standard InChI is InChI=1S/C25H29F3N6O2/c26-25(27,28)13-17-3-1-2-4-18(17)14-31-19-7-9-24(10-8-19,11-12-29)34-15-20(21(30)35)22(33-34)32-23(36)16-5-6-16/h1-4,15-16,19,31H,5-11,13-14H2,(H2,30,35)(H,32,33,36)/t19-,24-. The Kier molecular flexibility index (Phi) is 7.36. The van der Waals surface area contributed by atoms with Crippen molar-refractivity contribution in [1.29, 1.82) is 5.26 Å². The molecule has 4 rings (SSSR count). The number of benzene rings is 1. The van der Waals surface area contributed by atoms with Crippen LogP contribution in [0.5, 0.6) is 0 Å². The molecule has 1 aromatic carbocycles. The van der Waals surface area contributed by atoms with Crippen LogP contribution < -0.4 is 16.4 Å². The van der Waals surface area contributed by atoms with Crippen molar-refractivity contribution in [2.75, 3.05) is 5.32 Å². The Morgan fingerprint density at radius 3 is 2.42 bits per heavy atom. The first-order chi connectivity index (χ1) is 17.1. The third-order valence-electron chi connectivity index (χ3n) is 7.07. The molecule has 0 saturated heterocycles. The highest BCUT2D eigenvalue weighted by atomic mass is 19.4. The van der Waals surface area contributed by atoms with E-state index in [4.69, 9.17) is 5.73 Å². The van der Waals surface area contributed by atoms with E-state index in [2.05, 4.69) is 21.8 Å². The number of halogens is 3. The van der Waals surface area contributed by atoms with Gasteiger partial charge in [-0.3, -0.25) is 14.3 Å². The molecule has 192 valence electrons. The van der Waals surface area contributed by atoms with E-state index in [0.717, 1.165) is 12.8 Å². The van der Waals surface area contributed by atoms with Gasteiger partial charge in [0.05, 0.1) is 24.4 Å². The quantitative estimate of drug-likeness (QED) is 0.481. The summed E-state index contributed by atoms with van der Waals surface area (Å²) in [5, 5.41) is 20.1. The van der Waals surface area contributed by atoms with Gasteiger partial charge in [0.15, 0.2) is 5.82 Å². The maximum atomic E-state index is 12.9. The van der Waals surface area contributed by atoms with Gasteiger partial charge in [-0.15, -0.1) is 0 Å². The van der Waals surface area contributed by atoms with Crippen LogP contribution in [-0.2, 0) is 23.3 Å². The highest BCUT2D eigenvalue weighted by Crippen LogP contribution is 2.39. The second kappa shape index (κ2) is 10.3. The fourth-order valence-electron chi connectivity index (χ4n) is 4.82. The second-order valence-electron chi connectivity index (χ2n) is 9.74. The zero-order valence-corrected chi connectivity index (χ0v) is 19.8. The number of nitrogens with two attached hydrogens (primary N) is 1. The summed E-state index contributed by atoms with van der Waals surface area (Å²) in [6.07, 6.45) is 0.476. The SMILES string of the molecule is N#CC[C@]1(n2cc(C(N)=O)c(NC(=O)C3CC3)n2)CC[C@H](NCc2ccccc2CC(F)(F)F)CC1. The van der Waals surface area contributed by atoms with Gasteiger partial charge in [0.1, 0.15) is 5.56 Å². The van der Waals surface area contributed by atoms with E-state index in [1.165, 1.54) is 12.3 Å². The van der Waals surface area contributed by atoms with Gasteiger partial charge >= 0.3 is 6.18 Å². The van der Waals surface area contributed by atoms with Crippen LogP contribution in [-0.4, -0.2) is 33.8 Å². The Hall–Kier alpha value is -3.39. The maximum absolute atomic E-state index is 12.9. The molecule has 2 aliphatic rings. The number of alkyl halides is 3. The minimum absolute atomic E-state index is 0.0518. The van der Waals surface area contributed by atoms with Gasteiger partial charge in [0.25, 0.3) is 5.91 Å². The van der Waals surface area contributed by atoms with Crippen LogP contribution in [0.15, 0.2) is 30.5 Å². The molecular weight excluding hydrogens is 473 g/mol. The molecule has 0 radical (unpaired) electrons. The van der Waals surface area contributed by atoms with Gasteiger partial charge in [0.2, 0.25) is 5.91 Å². The van der Waals surface area contributed by atoms with E-state index in [1.807, 2.05) is 0 Å².